The molecular weight excluding hydrogens is 329 g/mol. The van der Waals surface area contributed by atoms with E-state index in [0.29, 0.717) is 28.0 Å². The van der Waals surface area contributed by atoms with Crippen LogP contribution in [-0.4, -0.2) is 9.55 Å². The number of anilines is 1. The van der Waals surface area contributed by atoms with Gasteiger partial charge in [-0.1, -0.05) is 0 Å². The van der Waals surface area contributed by atoms with Gasteiger partial charge in [-0.3, -0.25) is 0 Å². The lowest BCUT2D eigenvalue weighted by atomic mass is 10.3. The van der Waals surface area contributed by atoms with Gasteiger partial charge in [-0.15, -0.1) is 11.3 Å². The van der Waals surface area contributed by atoms with Crippen LogP contribution in [0.3, 0.4) is 0 Å². The number of nitrogens with two attached hydrogens (primary N) is 1. The van der Waals surface area contributed by atoms with E-state index in [1.807, 2.05) is 4.57 Å². The van der Waals surface area contributed by atoms with Crippen LogP contribution in [0.15, 0.2) is 28.7 Å². The SMILES string of the molecule is Cc1ccc(Cn2c(N)nc3cc(Br)c(F)cc32)s1. The normalized spacial score (nSPS) is 11.3. The van der Waals surface area contributed by atoms with Gasteiger partial charge < -0.3 is 10.3 Å². The monoisotopic (exact) mass is 339 g/mol. The lowest BCUT2D eigenvalue weighted by molar-refractivity contribution is 0.622. The fourth-order valence-corrected chi connectivity index (χ4v) is 3.24. The first-order valence-electron chi connectivity index (χ1n) is 5.70. The maximum Gasteiger partial charge on any atom is 0.201 e. The van der Waals surface area contributed by atoms with E-state index in [2.05, 4.69) is 40.0 Å². The maximum atomic E-state index is 13.7. The summed E-state index contributed by atoms with van der Waals surface area (Å²) in [7, 11) is 0. The first-order valence-corrected chi connectivity index (χ1v) is 7.31. The third-order valence-electron chi connectivity index (χ3n) is 2.93. The number of rotatable bonds is 2. The van der Waals surface area contributed by atoms with Crippen molar-refractivity contribution in [3.05, 3.63) is 44.3 Å². The van der Waals surface area contributed by atoms with Crippen LogP contribution < -0.4 is 5.73 Å². The van der Waals surface area contributed by atoms with E-state index < -0.39 is 0 Å². The molecule has 3 nitrogen and oxygen atoms in total. The highest BCUT2D eigenvalue weighted by molar-refractivity contribution is 9.10. The first kappa shape index (κ1) is 12.6. The van der Waals surface area contributed by atoms with Gasteiger partial charge in [0.1, 0.15) is 5.82 Å². The zero-order valence-electron chi connectivity index (χ0n) is 10.2. The van der Waals surface area contributed by atoms with Gasteiger partial charge >= 0.3 is 0 Å². The minimum Gasteiger partial charge on any atom is -0.369 e. The molecule has 0 saturated heterocycles. The van der Waals surface area contributed by atoms with Crippen LogP contribution in [0.1, 0.15) is 9.75 Å². The quantitative estimate of drug-likeness (QED) is 0.768. The van der Waals surface area contributed by atoms with Gasteiger partial charge in [0.05, 0.1) is 22.1 Å². The number of nitrogen functional groups attached to an aromatic ring is 1. The molecule has 0 fully saturated rings. The summed E-state index contributed by atoms with van der Waals surface area (Å²) in [6.45, 7) is 2.67. The molecule has 0 saturated carbocycles. The number of halogens is 2. The van der Waals surface area contributed by atoms with Crippen molar-refractivity contribution in [2.45, 2.75) is 13.5 Å². The van der Waals surface area contributed by atoms with Gasteiger partial charge in [0, 0.05) is 15.8 Å². The van der Waals surface area contributed by atoms with Crippen LogP contribution in [0.2, 0.25) is 0 Å². The van der Waals surface area contributed by atoms with Crippen molar-refractivity contribution in [1.82, 2.24) is 9.55 Å². The third kappa shape index (κ3) is 2.26. The number of thiophene rings is 1. The summed E-state index contributed by atoms with van der Waals surface area (Å²) in [5.74, 6) is 0.0922. The number of aromatic nitrogens is 2. The second kappa shape index (κ2) is 4.61. The predicted octanol–water partition coefficient (Wildman–Crippen LogP) is 3.94. The minimum absolute atomic E-state index is 0.309. The van der Waals surface area contributed by atoms with Gasteiger partial charge in [-0.25, -0.2) is 9.37 Å². The number of imidazole rings is 1. The number of hydrogen-bond donors (Lipinski definition) is 1. The Morgan fingerprint density at radius 1 is 1.42 bits per heavy atom. The van der Waals surface area contributed by atoms with Crippen LogP contribution in [-0.2, 0) is 6.54 Å². The second-order valence-corrected chi connectivity index (χ2v) is 6.55. The van der Waals surface area contributed by atoms with E-state index in [-0.39, 0.29) is 5.82 Å². The van der Waals surface area contributed by atoms with Crippen molar-refractivity contribution in [3.8, 4) is 0 Å². The van der Waals surface area contributed by atoms with Crippen LogP contribution in [0.5, 0.6) is 0 Å². The third-order valence-corrected chi connectivity index (χ3v) is 4.52. The molecule has 0 unspecified atom stereocenters. The molecule has 0 aliphatic rings. The summed E-state index contributed by atoms with van der Waals surface area (Å²) < 4.78 is 15.9. The Kier molecular flexibility index (Phi) is 3.06. The summed E-state index contributed by atoms with van der Waals surface area (Å²) in [5, 5.41) is 0. The van der Waals surface area contributed by atoms with Crippen molar-refractivity contribution in [2.24, 2.45) is 0 Å². The molecule has 0 aliphatic heterocycles. The molecule has 2 N–H and O–H groups in total. The Morgan fingerprint density at radius 2 is 2.21 bits per heavy atom. The van der Waals surface area contributed by atoms with E-state index in [4.69, 9.17) is 5.73 Å². The topological polar surface area (TPSA) is 43.8 Å². The van der Waals surface area contributed by atoms with E-state index in [0.717, 1.165) is 0 Å². The molecule has 0 bridgehead atoms. The number of aryl methyl sites for hydroxylation is 1. The van der Waals surface area contributed by atoms with E-state index in [9.17, 15) is 4.39 Å². The number of hydrogen-bond acceptors (Lipinski definition) is 3. The van der Waals surface area contributed by atoms with Crippen molar-refractivity contribution >= 4 is 44.2 Å². The average Bonchev–Trinajstić information content (AvgIpc) is 2.87. The molecule has 3 rings (SSSR count). The largest absolute Gasteiger partial charge is 0.369 e. The van der Waals surface area contributed by atoms with Crippen molar-refractivity contribution in [2.75, 3.05) is 5.73 Å². The number of nitrogens with zero attached hydrogens (tertiary/aromatic N) is 2. The van der Waals surface area contributed by atoms with Gasteiger partial charge in [-0.2, -0.15) is 0 Å². The number of benzene rings is 1. The molecule has 0 aliphatic carbocycles. The zero-order chi connectivity index (χ0) is 13.6. The predicted molar refractivity (Wildman–Crippen MR) is 80.0 cm³/mol. The van der Waals surface area contributed by atoms with Crippen LogP contribution in [0.25, 0.3) is 11.0 Å². The Balaban J connectivity index is 2.12. The van der Waals surface area contributed by atoms with E-state index in [1.165, 1.54) is 15.8 Å². The zero-order valence-corrected chi connectivity index (χ0v) is 12.6. The second-order valence-electron chi connectivity index (χ2n) is 4.32. The molecule has 0 atom stereocenters. The molecule has 0 amide bonds. The molecule has 0 radical (unpaired) electrons. The minimum atomic E-state index is -0.309. The van der Waals surface area contributed by atoms with Gasteiger partial charge in [0.15, 0.2) is 0 Å². The Hall–Kier alpha value is -1.40. The fourth-order valence-electron chi connectivity index (χ4n) is 2.03. The highest BCUT2D eigenvalue weighted by Crippen LogP contribution is 2.27. The lowest BCUT2D eigenvalue weighted by Gasteiger charge is -2.04. The van der Waals surface area contributed by atoms with E-state index >= 15 is 0 Å². The molecule has 19 heavy (non-hydrogen) atoms. The maximum absolute atomic E-state index is 13.7. The highest BCUT2D eigenvalue weighted by atomic mass is 79.9. The Labute approximate surface area is 122 Å². The van der Waals surface area contributed by atoms with Gasteiger partial charge in [-0.05, 0) is 41.1 Å². The molecular formula is C13H11BrFN3S. The average molecular weight is 340 g/mol. The lowest BCUT2D eigenvalue weighted by Crippen LogP contribution is -2.03. The molecule has 3 aromatic rings. The highest BCUT2D eigenvalue weighted by Gasteiger charge is 2.12. The van der Waals surface area contributed by atoms with Gasteiger partial charge in [0.25, 0.3) is 0 Å². The molecule has 6 heteroatoms. The molecule has 2 heterocycles. The number of fused-ring (bicyclic) bond motifs is 1. The smallest absolute Gasteiger partial charge is 0.201 e. The molecule has 1 aromatic carbocycles. The molecule has 2 aromatic heterocycles. The Bertz CT molecular complexity index is 763. The summed E-state index contributed by atoms with van der Waals surface area (Å²) in [5.41, 5.74) is 7.33. The summed E-state index contributed by atoms with van der Waals surface area (Å²) in [4.78, 5) is 6.68. The first-order chi connectivity index (χ1) is 9.04. The summed E-state index contributed by atoms with van der Waals surface area (Å²) >= 11 is 4.86. The van der Waals surface area contributed by atoms with E-state index in [1.54, 1.807) is 17.4 Å². The molecule has 98 valence electrons. The Morgan fingerprint density at radius 3 is 2.89 bits per heavy atom. The summed E-state index contributed by atoms with van der Waals surface area (Å²) in [6.07, 6.45) is 0. The van der Waals surface area contributed by atoms with Crippen LogP contribution in [0.4, 0.5) is 10.3 Å². The summed E-state index contributed by atoms with van der Waals surface area (Å²) in [6, 6.07) is 7.23. The fraction of sp³-hybridized carbons (Fsp3) is 0.154. The standard InChI is InChI=1S/C13H11BrFN3S/c1-7-2-3-8(19-7)6-18-12-5-10(15)9(14)4-11(12)17-13(18)16/h2-5H,6H2,1H3,(H2,16,17). The van der Waals surface area contributed by atoms with Gasteiger partial charge in [0.2, 0.25) is 5.95 Å². The van der Waals surface area contributed by atoms with Crippen LogP contribution >= 0.6 is 27.3 Å². The van der Waals surface area contributed by atoms with Crippen molar-refractivity contribution < 1.29 is 4.39 Å². The molecule has 0 spiro atoms. The van der Waals surface area contributed by atoms with Crippen molar-refractivity contribution in [1.29, 1.82) is 0 Å². The van der Waals surface area contributed by atoms with Crippen molar-refractivity contribution in [3.63, 3.8) is 0 Å². The van der Waals surface area contributed by atoms with Crippen LogP contribution in [0, 0.1) is 12.7 Å².